The van der Waals surface area contributed by atoms with Crippen LogP contribution in [-0.2, 0) is 13.1 Å². The number of para-hydroxylation sites is 1. The third kappa shape index (κ3) is 5.04. The molecular weight excluding hydrogens is 374 g/mol. The monoisotopic (exact) mass is 407 g/mol. The maximum Gasteiger partial charge on any atom is 0.317 e. The number of urea groups is 1. The summed E-state index contributed by atoms with van der Waals surface area (Å²) in [6, 6.07) is 12.5. The quantitative estimate of drug-likeness (QED) is 0.786. The molecule has 3 heterocycles. The Morgan fingerprint density at radius 3 is 2.50 bits per heavy atom. The summed E-state index contributed by atoms with van der Waals surface area (Å²) >= 11 is 0. The van der Waals surface area contributed by atoms with Crippen LogP contribution in [0.5, 0.6) is 0 Å². The van der Waals surface area contributed by atoms with Gasteiger partial charge in [-0.3, -0.25) is 0 Å². The second kappa shape index (κ2) is 9.83. The Bertz CT molecular complexity index is 843. The normalized spacial score (nSPS) is 16.6. The molecule has 2 saturated heterocycles. The third-order valence-corrected chi connectivity index (χ3v) is 6.13. The number of benzene rings is 1. The summed E-state index contributed by atoms with van der Waals surface area (Å²) in [4.78, 5) is 23.8. The van der Waals surface area contributed by atoms with Crippen molar-refractivity contribution in [1.82, 2.24) is 15.2 Å². The van der Waals surface area contributed by atoms with Crippen molar-refractivity contribution in [2.24, 2.45) is 0 Å². The molecule has 1 aromatic heterocycles. The molecule has 2 aromatic rings. The Kier molecular flexibility index (Phi) is 6.72. The van der Waals surface area contributed by atoms with Gasteiger partial charge in [-0.15, -0.1) is 0 Å². The van der Waals surface area contributed by atoms with E-state index in [9.17, 15) is 4.79 Å². The van der Waals surface area contributed by atoms with E-state index in [4.69, 9.17) is 0 Å². The largest absolute Gasteiger partial charge is 0.371 e. The molecule has 6 heteroatoms. The number of nitrogens with one attached hydrogen (secondary N) is 1. The average Bonchev–Trinajstić information content (AvgIpc) is 3.33. The van der Waals surface area contributed by atoms with E-state index < -0.39 is 0 Å². The van der Waals surface area contributed by atoms with Crippen LogP contribution < -0.4 is 15.1 Å². The molecule has 2 aliphatic rings. The van der Waals surface area contributed by atoms with Gasteiger partial charge in [0.25, 0.3) is 0 Å². The zero-order valence-electron chi connectivity index (χ0n) is 18.0. The summed E-state index contributed by atoms with van der Waals surface area (Å²) < 4.78 is 0. The smallest absolute Gasteiger partial charge is 0.317 e. The number of hydrogen-bond donors (Lipinski definition) is 1. The molecule has 0 spiro atoms. The minimum atomic E-state index is -0.0532. The highest BCUT2D eigenvalue weighted by Gasteiger charge is 2.18. The van der Waals surface area contributed by atoms with Crippen LogP contribution in [0.15, 0.2) is 42.6 Å². The first-order valence-corrected chi connectivity index (χ1v) is 11.2. The number of aromatic nitrogens is 1. The lowest BCUT2D eigenvalue weighted by molar-refractivity contribution is 0.206. The zero-order chi connectivity index (χ0) is 20.8. The highest BCUT2D eigenvalue weighted by molar-refractivity contribution is 5.74. The van der Waals surface area contributed by atoms with E-state index in [0.29, 0.717) is 13.1 Å². The van der Waals surface area contributed by atoms with Gasteiger partial charge in [0.15, 0.2) is 0 Å². The minimum absolute atomic E-state index is 0.0532. The van der Waals surface area contributed by atoms with E-state index in [-0.39, 0.29) is 6.03 Å². The molecule has 30 heavy (non-hydrogen) atoms. The second-order valence-electron chi connectivity index (χ2n) is 8.41. The van der Waals surface area contributed by atoms with Gasteiger partial charge in [0, 0.05) is 58.2 Å². The van der Waals surface area contributed by atoms with Crippen LogP contribution in [0.2, 0.25) is 0 Å². The standard InChI is InChI=1S/C24H33N5O/c1-27(19-21-9-3-4-10-22(21)28-13-7-8-14-28)24(30)26-18-20-11-12-25-23(17-20)29-15-5-2-6-16-29/h3-4,9-12,17H,2,5-8,13-16,18-19H2,1H3,(H,26,30). The van der Waals surface area contributed by atoms with E-state index in [1.165, 1.54) is 43.4 Å². The molecule has 0 aliphatic carbocycles. The molecule has 0 atom stereocenters. The maximum absolute atomic E-state index is 12.7. The van der Waals surface area contributed by atoms with Crippen molar-refractivity contribution in [3.05, 3.63) is 53.7 Å². The Morgan fingerprint density at radius 2 is 1.70 bits per heavy atom. The first-order chi connectivity index (χ1) is 14.7. The molecular formula is C24H33N5O. The predicted octanol–water partition coefficient (Wildman–Crippen LogP) is 4.01. The lowest BCUT2D eigenvalue weighted by Crippen LogP contribution is -2.37. The molecule has 1 aromatic carbocycles. The first kappa shape index (κ1) is 20.5. The zero-order valence-corrected chi connectivity index (χ0v) is 18.0. The summed E-state index contributed by atoms with van der Waals surface area (Å²) in [7, 11) is 1.86. The minimum Gasteiger partial charge on any atom is -0.371 e. The van der Waals surface area contributed by atoms with Gasteiger partial charge in [0.2, 0.25) is 0 Å². The molecule has 2 fully saturated rings. The van der Waals surface area contributed by atoms with Gasteiger partial charge in [0.05, 0.1) is 0 Å². The number of carbonyl (C=O) groups is 1. The topological polar surface area (TPSA) is 51.7 Å². The highest BCUT2D eigenvalue weighted by Crippen LogP contribution is 2.25. The molecule has 0 unspecified atom stereocenters. The van der Waals surface area contributed by atoms with E-state index in [1.807, 2.05) is 19.3 Å². The number of rotatable bonds is 6. The van der Waals surface area contributed by atoms with E-state index in [1.54, 1.807) is 4.90 Å². The molecule has 4 rings (SSSR count). The van der Waals surface area contributed by atoms with E-state index in [0.717, 1.165) is 37.6 Å². The number of anilines is 2. The second-order valence-corrected chi connectivity index (χ2v) is 8.41. The van der Waals surface area contributed by atoms with Crippen molar-refractivity contribution >= 4 is 17.5 Å². The number of pyridine rings is 1. The average molecular weight is 408 g/mol. The van der Waals surface area contributed by atoms with Crippen molar-refractivity contribution in [2.75, 3.05) is 43.0 Å². The van der Waals surface area contributed by atoms with Crippen LogP contribution in [0.4, 0.5) is 16.3 Å². The molecule has 0 radical (unpaired) electrons. The molecule has 0 bridgehead atoms. The fourth-order valence-corrected chi connectivity index (χ4v) is 4.42. The number of nitrogens with zero attached hydrogens (tertiary/aromatic N) is 4. The van der Waals surface area contributed by atoms with E-state index >= 15 is 0 Å². The Morgan fingerprint density at radius 1 is 1.00 bits per heavy atom. The van der Waals surface area contributed by atoms with Crippen molar-refractivity contribution in [3.8, 4) is 0 Å². The number of carbonyl (C=O) groups excluding carboxylic acids is 1. The number of hydrogen-bond acceptors (Lipinski definition) is 4. The van der Waals surface area contributed by atoms with Crippen LogP contribution in [0.25, 0.3) is 0 Å². The van der Waals surface area contributed by atoms with Gasteiger partial charge >= 0.3 is 6.03 Å². The van der Waals surface area contributed by atoms with Crippen LogP contribution in [0.1, 0.15) is 43.2 Å². The molecule has 160 valence electrons. The number of piperidine rings is 1. The summed E-state index contributed by atoms with van der Waals surface area (Å²) in [5, 5.41) is 3.07. The summed E-state index contributed by atoms with van der Waals surface area (Å²) in [6.45, 7) is 5.47. The van der Waals surface area contributed by atoms with Gasteiger partial charge in [-0.2, -0.15) is 0 Å². The molecule has 0 saturated carbocycles. The number of amides is 2. The van der Waals surface area contributed by atoms with Gasteiger partial charge < -0.3 is 20.0 Å². The molecule has 2 amide bonds. The van der Waals surface area contributed by atoms with Crippen LogP contribution in [-0.4, -0.2) is 49.1 Å². The van der Waals surface area contributed by atoms with Gasteiger partial charge in [-0.25, -0.2) is 9.78 Å². The first-order valence-electron chi connectivity index (χ1n) is 11.2. The fraction of sp³-hybridized carbons (Fsp3) is 0.500. The van der Waals surface area contributed by atoms with Crippen LogP contribution >= 0.6 is 0 Å². The maximum atomic E-state index is 12.7. The predicted molar refractivity (Wildman–Crippen MR) is 122 cm³/mol. The van der Waals surface area contributed by atoms with Gasteiger partial charge in [-0.1, -0.05) is 18.2 Å². The fourth-order valence-electron chi connectivity index (χ4n) is 4.42. The van der Waals surface area contributed by atoms with Gasteiger partial charge in [-0.05, 0) is 61.4 Å². The Balaban J connectivity index is 1.33. The Labute approximate surface area is 179 Å². The highest BCUT2D eigenvalue weighted by atomic mass is 16.2. The third-order valence-electron chi connectivity index (χ3n) is 6.13. The Hall–Kier alpha value is -2.76. The SMILES string of the molecule is CN(Cc1ccccc1N1CCCC1)C(=O)NCc1ccnc(N2CCCCC2)c1. The molecule has 6 nitrogen and oxygen atoms in total. The van der Waals surface area contributed by atoms with Crippen molar-refractivity contribution < 1.29 is 4.79 Å². The summed E-state index contributed by atoms with van der Waals surface area (Å²) in [5.41, 5.74) is 3.55. The summed E-state index contributed by atoms with van der Waals surface area (Å²) in [6.07, 6.45) is 8.10. The lowest BCUT2D eigenvalue weighted by Gasteiger charge is -2.28. The molecule has 1 N–H and O–H groups in total. The summed E-state index contributed by atoms with van der Waals surface area (Å²) in [5.74, 6) is 1.02. The van der Waals surface area contributed by atoms with Crippen LogP contribution in [0.3, 0.4) is 0 Å². The molecule has 2 aliphatic heterocycles. The van der Waals surface area contributed by atoms with Crippen molar-refractivity contribution in [3.63, 3.8) is 0 Å². The van der Waals surface area contributed by atoms with E-state index in [2.05, 4.69) is 50.4 Å². The van der Waals surface area contributed by atoms with Crippen molar-refractivity contribution in [2.45, 2.75) is 45.2 Å². The van der Waals surface area contributed by atoms with Crippen LogP contribution in [0, 0.1) is 0 Å². The van der Waals surface area contributed by atoms with Crippen molar-refractivity contribution in [1.29, 1.82) is 0 Å². The van der Waals surface area contributed by atoms with Gasteiger partial charge in [0.1, 0.15) is 5.82 Å². The lowest BCUT2D eigenvalue weighted by atomic mass is 10.1.